The van der Waals surface area contributed by atoms with Gasteiger partial charge in [-0.2, -0.15) is 0 Å². The molecule has 0 unspecified atom stereocenters. The van der Waals surface area contributed by atoms with E-state index < -0.39 is 53.3 Å². The van der Waals surface area contributed by atoms with Crippen molar-refractivity contribution in [3.63, 3.8) is 0 Å². The SMILES string of the molecule is COc1ccc(C[C@H]2NC(=O)/C=C/C[C@@H]([C@H](C)[C@H]3O[C@@H]3c3ccc(CCC(=O)[C@H](C)NC(=O)[C@@H](C)C(C)C)cc3)OC(=O)[C@H](CC(C)(C)C)NC(=O)C(C)(C)CNC2=O)cc1Cl. The van der Waals surface area contributed by atoms with Crippen molar-refractivity contribution in [3.8, 4) is 5.75 Å². The summed E-state index contributed by atoms with van der Waals surface area (Å²) < 4.78 is 17.7. The van der Waals surface area contributed by atoms with Gasteiger partial charge in [0.1, 0.15) is 30.0 Å². The van der Waals surface area contributed by atoms with Gasteiger partial charge in [-0.25, -0.2) is 4.79 Å². The van der Waals surface area contributed by atoms with Crippen LogP contribution in [-0.4, -0.2) is 79.4 Å². The number of ketones is 1. The number of cyclic esters (lactones) is 1. The molecule has 0 radical (unpaired) electrons. The molecule has 13 nitrogen and oxygen atoms in total. The predicted octanol–water partition coefficient (Wildman–Crippen LogP) is 6.39. The lowest BCUT2D eigenvalue weighted by Gasteiger charge is -2.32. The molecule has 62 heavy (non-hydrogen) atoms. The van der Waals surface area contributed by atoms with Gasteiger partial charge in [0.15, 0.2) is 5.78 Å². The number of aryl methyl sites for hydroxylation is 1. The molecule has 2 aliphatic heterocycles. The van der Waals surface area contributed by atoms with E-state index in [4.69, 9.17) is 25.8 Å². The van der Waals surface area contributed by atoms with Crippen LogP contribution in [0.3, 0.4) is 0 Å². The molecule has 0 bridgehead atoms. The zero-order valence-electron chi connectivity index (χ0n) is 38.2. The van der Waals surface area contributed by atoms with Crippen LogP contribution >= 0.6 is 11.6 Å². The number of methoxy groups -OCH3 is 1. The number of epoxide rings is 1. The lowest BCUT2D eigenvalue weighted by molar-refractivity contribution is -0.157. The highest BCUT2D eigenvalue weighted by Crippen LogP contribution is 2.45. The third-order valence-electron chi connectivity index (χ3n) is 11.8. The molecule has 2 aromatic carbocycles. The Morgan fingerprint density at radius 3 is 2.23 bits per heavy atom. The predicted molar refractivity (Wildman–Crippen MR) is 238 cm³/mol. The maximum absolute atomic E-state index is 14.0. The van der Waals surface area contributed by atoms with Crippen LogP contribution in [-0.2, 0) is 51.1 Å². The first-order chi connectivity index (χ1) is 29.0. The number of ether oxygens (including phenoxy) is 3. The molecule has 0 spiro atoms. The van der Waals surface area contributed by atoms with Crippen molar-refractivity contribution >= 4 is 47.0 Å². The third kappa shape index (κ3) is 14.4. The number of esters is 1. The standard InChI is InChI=1S/C48H67ClN4O9/c1-27(2)28(3)43(56)51-30(5)37(54)21-17-31-15-19-33(20-16-31)42-41(62-42)29(4)38-13-12-14-40(55)52-35(24-32-18-22-39(60-11)34(49)23-32)44(57)50-26-48(9,10)46(59)53-36(45(58)61-38)25-47(6,7)8/h12,14-16,18-20,22-23,27-30,35-36,38,41-42H,13,17,21,24-26H2,1-11H3,(H,50,57)(H,51,56)(H,52,55)(H,53,59)/b14-12+/t28-,29-,30-,35+,36-,38-,41+,42+/m0/s1. The largest absolute Gasteiger partial charge is 0.495 e. The molecule has 4 amide bonds. The summed E-state index contributed by atoms with van der Waals surface area (Å²) >= 11 is 6.37. The van der Waals surface area contributed by atoms with E-state index in [-0.39, 0.29) is 79.3 Å². The molecule has 1 saturated heterocycles. The van der Waals surface area contributed by atoms with Gasteiger partial charge in [-0.3, -0.25) is 24.0 Å². The van der Waals surface area contributed by atoms with Crippen molar-refractivity contribution in [2.75, 3.05) is 13.7 Å². The first-order valence-corrected chi connectivity index (χ1v) is 22.0. The topological polar surface area (TPSA) is 182 Å². The second kappa shape index (κ2) is 21.6. The summed E-state index contributed by atoms with van der Waals surface area (Å²) in [5.41, 5.74) is 1.08. The molecule has 8 atom stereocenters. The molecule has 0 saturated carbocycles. The normalized spacial score (nSPS) is 24.4. The second-order valence-corrected chi connectivity index (χ2v) is 19.5. The van der Waals surface area contributed by atoms with E-state index in [0.717, 1.165) is 11.1 Å². The van der Waals surface area contributed by atoms with Crippen LogP contribution in [0.5, 0.6) is 5.75 Å². The Labute approximate surface area is 372 Å². The molecule has 1 fully saturated rings. The summed E-state index contributed by atoms with van der Waals surface area (Å²) in [6.45, 7) is 18.6. The highest BCUT2D eigenvalue weighted by atomic mass is 35.5. The summed E-state index contributed by atoms with van der Waals surface area (Å²) in [6, 6.07) is 10.4. The highest BCUT2D eigenvalue weighted by molar-refractivity contribution is 6.32. The molecule has 2 heterocycles. The Hall–Kier alpha value is -4.75. The summed E-state index contributed by atoms with van der Waals surface area (Å²) in [6.07, 6.45) is 2.98. The molecule has 4 rings (SSSR count). The lowest BCUT2D eigenvalue weighted by Crippen LogP contribution is -2.54. The summed E-state index contributed by atoms with van der Waals surface area (Å²) in [4.78, 5) is 80.2. The summed E-state index contributed by atoms with van der Waals surface area (Å²) in [5.74, 6) is -2.10. The molecule has 14 heteroatoms. The van der Waals surface area contributed by atoms with E-state index >= 15 is 0 Å². The lowest BCUT2D eigenvalue weighted by atomic mass is 9.86. The summed E-state index contributed by atoms with van der Waals surface area (Å²) in [5, 5.41) is 11.7. The van der Waals surface area contributed by atoms with Crippen LogP contribution < -0.4 is 26.0 Å². The zero-order valence-corrected chi connectivity index (χ0v) is 38.9. The van der Waals surface area contributed by atoms with E-state index in [9.17, 15) is 28.8 Å². The minimum atomic E-state index is -1.14. The van der Waals surface area contributed by atoms with Gasteiger partial charge in [0.05, 0.1) is 29.7 Å². The number of amides is 4. The van der Waals surface area contributed by atoms with Gasteiger partial charge in [-0.15, -0.1) is 0 Å². The Morgan fingerprint density at radius 1 is 0.952 bits per heavy atom. The quantitative estimate of drug-likeness (QED) is 0.124. The Bertz CT molecular complexity index is 1960. The average molecular weight is 880 g/mol. The first-order valence-electron chi connectivity index (χ1n) is 21.7. The Balaban J connectivity index is 1.51. The number of hydrogen-bond acceptors (Lipinski definition) is 9. The van der Waals surface area contributed by atoms with Gasteiger partial charge in [0, 0.05) is 37.6 Å². The number of carbonyl (C=O) groups is 6. The van der Waals surface area contributed by atoms with Gasteiger partial charge in [0.2, 0.25) is 23.6 Å². The van der Waals surface area contributed by atoms with Crippen LogP contribution in [0.1, 0.15) is 111 Å². The molecule has 4 N–H and O–H groups in total. The highest BCUT2D eigenvalue weighted by Gasteiger charge is 2.48. The average Bonchev–Trinajstić information content (AvgIpc) is 4.01. The van der Waals surface area contributed by atoms with Gasteiger partial charge in [-0.1, -0.05) is 96.5 Å². The molecular formula is C48H67ClN4O9. The minimum Gasteiger partial charge on any atom is -0.495 e. The molecule has 2 aromatic rings. The summed E-state index contributed by atoms with van der Waals surface area (Å²) in [7, 11) is 1.50. The first kappa shape index (κ1) is 49.9. The molecule has 0 aliphatic carbocycles. The smallest absolute Gasteiger partial charge is 0.328 e. The van der Waals surface area contributed by atoms with Gasteiger partial charge in [-0.05, 0) is 79.8 Å². The van der Waals surface area contributed by atoms with Crippen molar-refractivity contribution in [2.45, 2.75) is 138 Å². The number of carbonyl (C=O) groups excluding carboxylic acids is 6. The van der Waals surface area contributed by atoms with Crippen LogP contribution in [0.4, 0.5) is 0 Å². The number of nitrogens with one attached hydrogen (secondary N) is 4. The van der Waals surface area contributed by atoms with Crippen LogP contribution in [0.2, 0.25) is 5.02 Å². The molecule has 340 valence electrons. The van der Waals surface area contributed by atoms with E-state index in [2.05, 4.69) is 21.3 Å². The zero-order chi connectivity index (χ0) is 46.1. The monoisotopic (exact) mass is 878 g/mol. The van der Waals surface area contributed by atoms with E-state index in [1.165, 1.54) is 13.2 Å². The molecular weight excluding hydrogens is 812 g/mol. The number of hydrogen-bond donors (Lipinski definition) is 4. The minimum absolute atomic E-state index is 0.0367. The van der Waals surface area contributed by atoms with E-state index in [0.29, 0.717) is 22.8 Å². The fourth-order valence-corrected chi connectivity index (χ4v) is 7.45. The van der Waals surface area contributed by atoms with Gasteiger partial charge < -0.3 is 35.5 Å². The van der Waals surface area contributed by atoms with E-state index in [1.807, 2.05) is 72.7 Å². The number of benzene rings is 2. The Morgan fingerprint density at radius 2 is 1.61 bits per heavy atom. The number of halogens is 1. The van der Waals surface area contributed by atoms with Crippen LogP contribution in [0.25, 0.3) is 0 Å². The number of rotatable bonds is 14. The van der Waals surface area contributed by atoms with E-state index in [1.54, 1.807) is 45.0 Å². The van der Waals surface area contributed by atoms with Crippen molar-refractivity contribution in [2.24, 2.45) is 28.6 Å². The van der Waals surface area contributed by atoms with Crippen LogP contribution in [0.15, 0.2) is 54.6 Å². The fourth-order valence-electron chi connectivity index (χ4n) is 7.17. The van der Waals surface area contributed by atoms with Crippen molar-refractivity contribution in [1.82, 2.24) is 21.3 Å². The molecule has 0 aromatic heterocycles. The maximum atomic E-state index is 14.0. The third-order valence-corrected chi connectivity index (χ3v) is 12.1. The van der Waals surface area contributed by atoms with Crippen molar-refractivity contribution in [1.29, 1.82) is 0 Å². The molecule has 2 aliphatic rings. The van der Waals surface area contributed by atoms with Crippen molar-refractivity contribution < 1.29 is 43.0 Å². The fraction of sp³-hybridized carbons (Fsp3) is 0.583. The van der Waals surface area contributed by atoms with Gasteiger partial charge >= 0.3 is 5.97 Å². The van der Waals surface area contributed by atoms with Crippen LogP contribution in [0, 0.1) is 28.6 Å². The second-order valence-electron chi connectivity index (χ2n) is 19.1. The van der Waals surface area contributed by atoms with Crippen molar-refractivity contribution in [3.05, 3.63) is 76.3 Å². The Kier molecular flexibility index (Phi) is 17.3. The number of Topliss-reactive ketones (excluding diaryl/α,β-unsaturated/α-hetero) is 1. The maximum Gasteiger partial charge on any atom is 0.328 e. The van der Waals surface area contributed by atoms with Gasteiger partial charge in [0.25, 0.3) is 0 Å².